The van der Waals surface area contributed by atoms with Crippen LogP contribution in [0.3, 0.4) is 0 Å². The molecule has 0 atom stereocenters. The number of hydrazine groups is 1. The Hall–Kier alpha value is -1.49. The number of hydrogen-bond acceptors (Lipinski definition) is 6. The van der Waals surface area contributed by atoms with Gasteiger partial charge >= 0.3 is 0 Å². The molecule has 1 amide bonds. The van der Waals surface area contributed by atoms with E-state index in [4.69, 9.17) is 17.0 Å². The van der Waals surface area contributed by atoms with Gasteiger partial charge in [-0.2, -0.15) is 0 Å². The summed E-state index contributed by atoms with van der Waals surface area (Å²) >= 11 is 6.52. The van der Waals surface area contributed by atoms with Gasteiger partial charge in [-0.3, -0.25) is 15.6 Å². The predicted octanol–water partition coefficient (Wildman–Crippen LogP) is -1.46. The van der Waals surface area contributed by atoms with E-state index in [1.807, 2.05) is 6.92 Å². The molecule has 2 rings (SSSR count). The van der Waals surface area contributed by atoms with E-state index in [-0.39, 0.29) is 5.91 Å². The molecule has 10 heteroatoms. The third-order valence-electron chi connectivity index (χ3n) is 3.47. The van der Waals surface area contributed by atoms with Gasteiger partial charge in [0.15, 0.2) is 10.2 Å². The molecule has 0 unspecified atom stereocenters. The van der Waals surface area contributed by atoms with E-state index in [2.05, 4.69) is 40.1 Å². The number of anilines is 1. The second kappa shape index (κ2) is 9.11. The van der Waals surface area contributed by atoms with Crippen LogP contribution in [0.4, 0.5) is 5.13 Å². The maximum atomic E-state index is 12.3. The van der Waals surface area contributed by atoms with Gasteiger partial charge in [-0.15, -0.1) is 0 Å². The molecule has 8 nitrogen and oxygen atoms in total. The highest BCUT2D eigenvalue weighted by molar-refractivity contribution is 7.80. The number of thiocarbonyl (C=S) groups is 1. The maximum absolute atomic E-state index is 12.3. The normalized spacial score (nSPS) is 14.6. The van der Waals surface area contributed by atoms with Gasteiger partial charge in [0.1, 0.15) is 4.88 Å². The number of carbonyl (C=O) groups excluding carboxylic acids is 1. The zero-order valence-corrected chi connectivity index (χ0v) is 15.9. The lowest BCUT2D eigenvalue weighted by molar-refractivity contribution is -0.856. The first-order valence-corrected chi connectivity index (χ1v) is 9.13. The molecule has 0 bridgehead atoms. The average Bonchev–Trinajstić information content (AvgIpc) is 2.95. The number of rotatable bonds is 5. The first-order valence-electron chi connectivity index (χ1n) is 7.90. The Labute approximate surface area is 151 Å². The number of nitrogens with zero attached hydrogens (tertiary/aromatic N) is 2. The molecular formula is C14H25N6O2S2+. The molecule has 0 aliphatic carbocycles. The van der Waals surface area contributed by atoms with Gasteiger partial charge in [-0.25, -0.2) is 4.98 Å². The van der Waals surface area contributed by atoms with Crippen LogP contribution in [-0.4, -0.2) is 69.5 Å². The number of aryl methyl sites for hydroxylation is 1. The molecule has 0 radical (unpaired) electrons. The standard InChI is InChI=1S/C14H24N6O2S2/c1-10-11(24-14(16-10)20-6-8-22-9-7-20)12(21)17-18-13(23)15-4-5-19(2)3/h4-9H2,1-3H3,(H,17,21)(H2,15,18,23)/p+1. The first-order chi connectivity index (χ1) is 11.5. The molecule has 134 valence electrons. The van der Waals surface area contributed by atoms with Gasteiger partial charge < -0.3 is 19.9 Å². The summed E-state index contributed by atoms with van der Waals surface area (Å²) in [4.78, 5) is 20.9. The smallest absolute Gasteiger partial charge is 0.281 e. The van der Waals surface area contributed by atoms with E-state index >= 15 is 0 Å². The van der Waals surface area contributed by atoms with E-state index in [1.165, 1.54) is 16.2 Å². The van der Waals surface area contributed by atoms with Crippen LogP contribution in [-0.2, 0) is 4.74 Å². The van der Waals surface area contributed by atoms with Gasteiger partial charge in [0.25, 0.3) is 5.91 Å². The summed E-state index contributed by atoms with van der Waals surface area (Å²) in [5.74, 6) is -0.230. The second-order valence-electron chi connectivity index (χ2n) is 5.80. The Kier molecular flexibility index (Phi) is 7.16. The molecule has 24 heavy (non-hydrogen) atoms. The van der Waals surface area contributed by atoms with Gasteiger partial charge in [0.2, 0.25) is 0 Å². The number of carbonyl (C=O) groups is 1. The van der Waals surface area contributed by atoms with Crippen molar-refractivity contribution in [2.24, 2.45) is 0 Å². The van der Waals surface area contributed by atoms with Crippen LogP contribution in [0.1, 0.15) is 15.4 Å². The van der Waals surface area contributed by atoms with Crippen molar-refractivity contribution in [2.45, 2.75) is 6.92 Å². The highest BCUT2D eigenvalue weighted by atomic mass is 32.1. The van der Waals surface area contributed by atoms with E-state index < -0.39 is 0 Å². The minimum absolute atomic E-state index is 0.230. The van der Waals surface area contributed by atoms with E-state index in [0.29, 0.717) is 23.2 Å². The van der Waals surface area contributed by atoms with Crippen LogP contribution >= 0.6 is 23.6 Å². The Morgan fingerprint density at radius 3 is 2.75 bits per heavy atom. The zero-order chi connectivity index (χ0) is 17.5. The SMILES string of the molecule is Cc1nc(N2CCOCC2)sc1C(=O)NNC(=S)NCC[NH+](C)C. The summed E-state index contributed by atoms with van der Waals surface area (Å²) in [5, 5.41) is 4.30. The van der Waals surface area contributed by atoms with Crippen molar-refractivity contribution in [1.29, 1.82) is 0 Å². The summed E-state index contributed by atoms with van der Waals surface area (Å²) in [7, 11) is 4.14. The summed E-state index contributed by atoms with van der Waals surface area (Å²) in [5.41, 5.74) is 6.07. The molecular weight excluding hydrogens is 348 g/mol. The van der Waals surface area contributed by atoms with Crippen molar-refractivity contribution < 1.29 is 14.4 Å². The molecule has 2 heterocycles. The molecule has 0 saturated carbocycles. The molecule has 1 aliphatic rings. The Bertz CT molecular complexity index is 572. The second-order valence-corrected chi connectivity index (χ2v) is 7.19. The Balaban J connectivity index is 1.83. The van der Waals surface area contributed by atoms with Crippen LogP contribution in [0.25, 0.3) is 0 Å². The first kappa shape index (κ1) is 18.8. The third kappa shape index (κ3) is 5.55. The Morgan fingerprint density at radius 1 is 1.38 bits per heavy atom. The van der Waals surface area contributed by atoms with Gasteiger partial charge in [-0.05, 0) is 19.1 Å². The van der Waals surface area contributed by atoms with Crippen molar-refractivity contribution in [2.75, 3.05) is 58.4 Å². The number of hydrogen-bond donors (Lipinski definition) is 4. The quantitative estimate of drug-likeness (QED) is 0.371. The van der Waals surface area contributed by atoms with Crippen molar-refractivity contribution in [3.63, 3.8) is 0 Å². The molecule has 1 fully saturated rings. The summed E-state index contributed by atoms with van der Waals surface area (Å²) in [6.45, 7) is 6.50. The van der Waals surface area contributed by atoms with Gasteiger partial charge in [0.05, 0.1) is 46.1 Å². The fourth-order valence-corrected chi connectivity index (χ4v) is 3.29. The number of amides is 1. The lowest BCUT2D eigenvalue weighted by Crippen LogP contribution is -3.06. The Morgan fingerprint density at radius 2 is 2.08 bits per heavy atom. The maximum Gasteiger partial charge on any atom is 0.281 e. The number of morpholine rings is 1. The third-order valence-corrected chi connectivity index (χ3v) is 4.94. The number of nitrogens with one attached hydrogen (secondary N) is 4. The fourth-order valence-electron chi connectivity index (χ4n) is 2.12. The predicted molar refractivity (Wildman–Crippen MR) is 98.8 cm³/mol. The number of aromatic nitrogens is 1. The van der Waals surface area contributed by atoms with Crippen molar-refractivity contribution in [3.05, 3.63) is 10.6 Å². The lowest BCUT2D eigenvalue weighted by Gasteiger charge is -2.25. The highest BCUT2D eigenvalue weighted by Gasteiger charge is 2.20. The fraction of sp³-hybridized carbons (Fsp3) is 0.643. The molecule has 4 N–H and O–H groups in total. The van der Waals surface area contributed by atoms with Gasteiger partial charge in [-0.1, -0.05) is 11.3 Å². The molecule has 0 aromatic carbocycles. The van der Waals surface area contributed by atoms with Crippen LogP contribution in [0.2, 0.25) is 0 Å². The average molecular weight is 374 g/mol. The minimum Gasteiger partial charge on any atom is -0.378 e. The number of likely N-dealkylation sites (N-methyl/N-ethyl adjacent to an activating group) is 1. The van der Waals surface area contributed by atoms with E-state index in [0.717, 1.165) is 37.0 Å². The molecule has 1 aromatic heterocycles. The number of thiazole rings is 1. The van der Waals surface area contributed by atoms with Crippen LogP contribution in [0.15, 0.2) is 0 Å². The summed E-state index contributed by atoms with van der Waals surface area (Å²) < 4.78 is 5.34. The zero-order valence-electron chi connectivity index (χ0n) is 14.3. The summed E-state index contributed by atoms with van der Waals surface area (Å²) in [6.07, 6.45) is 0. The van der Waals surface area contributed by atoms with Gasteiger partial charge in [0, 0.05) is 13.1 Å². The van der Waals surface area contributed by atoms with Crippen molar-refractivity contribution >= 4 is 39.7 Å². The van der Waals surface area contributed by atoms with E-state index in [1.54, 1.807) is 0 Å². The molecule has 0 spiro atoms. The topological polar surface area (TPSA) is 83.0 Å². The molecule has 1 aliphatic heterocycles. The number of quaternary nitrogens is 1. The molecule has 1 saturated heterocycles. The number of ether oxygens (including phenoxy) is 1. The van der Waals surface area contributed by atoms with Crippen molar-refractivity contribution in [1.82, 2.24) is 21.2 Å². The highest BCUT2D eigenvalue weighted by Crippen LogP contribution is 2.26. The van der Waals surface area contributed by atoms with Crippen molar-refractivity contribution in [3.8, 4) is 0 Å². The van der Waals surface area contributed by atoms with Crippen LogP contribution < -0.4 is 26.0 Å². The van der Waals surface area contributed by atoms with E-state index in [9.17, 15) is 4.79 Å². The molecule has 1 aromatic rings. The summed E-state index contributed by atoms with van der Waals surface area (Å²) in [6, 6.07) is 0. The monoisotopic (exact) mass is 373 g/mol. The largest absolute Gasteiger partial charge is 0.378 e. The van der Waals surface area contributed by atoms with Crippen LogP contribution in [0.5, 0.6) is 0 Å². The van der Waals surface area contributed by atoms with Crippen LogP contribution in [0, 0.1) is 6.92 Å². The lowest BCUT2D eigenvalue weighted by atomic mass is 10.4. The minimum atomic E-state index is -0.230.